The fourth-order valence-corrected chi connectivity index (χ4v) is 3.79. The van der Waals surface area contributed by atoms with E-state index in [-0.39, 0.29) is 12.2 Å². The molecular weight excluding hydrogens is 449 g/mol. The number of phenolic OH excluding ortho intramolecular Hbond substituents is 1. The summed E-state index contributed by atoms with van der Waals surface area (Å²) in [6.45, 7) is 3.31. The summed E-state index contributed by atoms with van der Waals surface area (Å²) in [5.74, 6) is 0.970. The number of hydrogen-bond acceptors (Lipinski definition) is 6. The molecule has 5 aromatic rings. The lowest BCUT2D eigenvalue weighted by Gasteiger charge is -2.17. The Bertz CT molecular complexity index is 1420. The summed E-state index contributed by atoms with van der Waals surface area (Å²) in [5, 5.41) is 20.0. The zero-order valence-corrected chi connectivity index (χ0v) is 19.0. The Morgan fingerprint density at radius 3 is 2.49 bits per heavy atom. The normalized spacial score (nSPS) is 11.8. The molecule has 35 heavy (non-hydrogen) atoms. The minimum Gasteiger partial charge on any atom is -0.508 e. The summed E-state index contributed by atoms with van der Waals surface area (Å²) in [6.07, 6.45) is 3.85. The predicted molar refractivity (Wildman–Crippen MR) is 130 cm³/mol. The first-order valence-electron chi connectivity index (χ1n) is 10.8. The molecule has 4 heterocycles. The molecule has 0 atom stereocenters. The third-order valence-corrected chi connectivity index (χ3v) is 5.30. The highest BCUT2D eigenvalue weighted by Gasteiger charge is 2.22. The van der Waals surface area contributed by atoms with Crippen molar-refractivity contribution in [2.75, 3.05) is 4.90 Å². The number of nitrogens with zero attached hydrogens (tertiary/aromatic N) is 5. The Morgan fingerprint density at radius 2 is 1.83 bits per heavy atom. The third kappa shape index (κ3) is 5.44. The van der Waals surface area contributed by atoms with Crippen LogP contribution < -0.4 is 10.6 Å². The molecule has 0 bridgehead atoms. The Hall–Kier alpha value is -4.73. The number of carbonyl (C=O) groups excluding carboxylic acids is 1. The first-order valence-corrected chi connectivity index (χ1v) is 10.8. The largest absolute Gasteiger partial charge is 0.508 e. The highest BCUT2D eigenvalue weighted by molar-refractivity contribution is 5.67. The van der Waals surface area contributed by atoms with Gasteiger partial charge in [0.1, 0.15) is 17.4 Å². The monoisotopic (exact) mass is 473 g/mol. The molecule has 0 saturated carbocycles. The molecule has 0 fully saturated rings. The summed E-state index contributed by atoms with van der Waals surface area (Å²) >= 11 is 0. The number of nitrogens with two attached hydrogens (primary N) is 1. The molecule has 1 aliphatic heterocycles. The number of phenols is 1. The van der Waals surface area contributed by atoms with E-state index in [9.17, 15) is 4.39 Å². The fraction of sp³-hybridized carbons (Fsp3) is 0.120. The maximum atomic E-state index is 13.5. The minimum atomic E-state index is -0.200. The second-order valence-electron chi connectivity index (χ2n) is 7.78. The first kappa shape index (κ1) is 23.4. The molecule has 1 amide bonds. The van der Waals surface area contributed by atoms with Gasteiger partial charge in [-0.3, -0.25) is 9.89 Å². The molecule has 4 N–H and O–H groups in total. The molecule has 0 unspecified atom stereocenters. The van der Waals surface area contributed by atoms with Gasteiger partial charge in [0.2, 0.25) is 6.41 Å². The van der Waals surface area contributed by atoms with Crippen LogP contribution in [0.25, 0.3) is 16.9 Å². The van der Waals surface area contributed by atoms with E-state index in [1.54, 1.807) is 36.5 Å². The number of para-hydroxylation sites is 1. The number of halogens is 1. The van der Waals surface area contributed by atoms with E-state index in [2.05, 4.69) is 25.9 Å². The van der Waals surface area contributed by atoms with E-state index in [0.29, 0.717) is 12.3 Å². The quantitative estimate of drug-likeness (QED) is 0.337. The molecule has 3 aromatic heterocycles. The number of aryl methyl sites for hydroxylation is 1. The second-order valence-corrected chi connectivity index (χ2v) is 7.78. The lowest BCUT2D eigenvalue weighted by Crippen LogP contribution is -2.17. The zero-order chi connectivity index (χ0) is 24.8. The van der Waals surface area contributed by atoms with Gasteiger partial charge in [0.25, 0.3) is 0 Å². The summed E-state index contributed by atoms with van der Waals surface area (Å²) in [7, 11) is 0. The fourth-order valence-electron chi connectivity index (χ4n) is 3.79. The third-order valence-electron chi connectivity index (χ3n) is 5.30. The van der Waals surface area contributed by atoms with Crippen LogP contribution >= 0.6 is 0 Å². The summed E-state index contributed by atoms with van der Waals surface area (Å²) in [4.78, 5) is 15.5. The van der Waals surface area contributed by atoms with Gasteiger partial charge in [0, 0.05) is 37.0 Å². The summed E-state index contributed by atoms with van der Waals surface area (Å²) < 4.78 is 15.3. The summed E-state index contributed by atoms with van der Waals surface area (Å²) in [6, 6.07) is 17.6. The van der Waals surface area contributed by atoms with Crippen LogP contribution in [-0.2, 0) is 17.9 Å². The molecule has 178 valence electrons. The Labute approximate surface area is 200 Å². The van der Waals surface area contributed by atoms with Crippen LogP contribution in [0.3, 0.4) is 0 Å². The van der Waals surface area contributed by atoms with Gasteiger partial charge >= 0.3 is 0 Å². The number of aromatic hydroxyl groups is 1. The van der Waals surface area contributed by atoms with Crippen molar-refractivity contribution in [2.45, 2.75) is 20.0 Å². The van der Waals surface area contributed by atoms with Crippen molar-refractivity contribution >= 4 is 17.9 Å². The maximum absolute atomic E-state index is 13.5. The maximum Gasteiger partial charge on any atom is 0.204 e. The average molecular weight is 474 g/mol. The van der Waals surface area contributed by atoms with Crippen molar-refractivity contribution in [1.29, 1.82) is 0 Å². The average Bonchev–Trinajstić information content (AvgIpc) is 3.58. The van der Waals surface area contributed by atoms with Gasteiger partial charge in [0.15, 0.2) is 5.65 Å². The van der Waals surface area contributed by atoms with Crippen LogP contribution in [-0.4, -0.2) is 36.3 Å². The van der Waals surface area contributed by atoms with E-state index < -0.39 is 0 Å². The number of aromatic nitrogens is 5. The topological polar surface area (TPSA) is 125 Å². The standard InChI is InChI=1S/C18H15FN6.C6H6O.CH3NO/c1-11-4-18-22-17(6-16(25(18)23-11)14-7-20-21-8-14)24-9-12-2-3-15(19)5-13(12)10-24;7-6-4-2-1-3-5-6;2-1-3/h2-8H,9-10H2,1H3,(H,20,21);1-5,7H;1H,(H2,2,3). The van der Waals surface area contributed by atoms with Gasteiger partial charge in [-0.2, -0.15) is 10.2 Å². The van der Waals surface area contributed by atoms with E-state index in [1.807, 2.05) is 41.9 Å². The number of aromatic amines is 1. The van der Waals surface area contributed by atoms with E-state index in [0.717, 1.165) is 46.1 Å². The van der Waals surface area contributed by atoms with E-state index in [4.69, 9.17) is 14.9 Å². The van der Waals surface area contributed by atoms with Crippen LogP contribution in [0.5, 0.6) is 5.75 Å². The molecule has 1 aliphatic rings. The molecule has 0 saturated heterocycles. The lowest BCUT2D eigenvalue weighted by molar-refractivity contribution is -0.106. The van der Waals surface area contributed by atoms with Crippen LogP contribution in [0, 0.1) is 12.7 Å². The lowest BCUT2D eigenvalue weighted by atomic mass is 10.1. The summed E-state index contributed by atoms with van der Waals surface area (Å²) in [5.41, 5.74) is 9.87. The number of primary amides is 1. The first-order chi connectivity index (χ1) is 17.0. The Morgan fingerprint density at radius 1 is 1.09 bits per heavy atom. The molecular formula is C25H24FN7O2. The number of amides is 1. The van der Waals surface area contributed by atoms with Crippen LogP contribution in [0.2, 0.25) is 0 Å². The molecule has 0 aliphatic carbocycles. The van der Waals surface area contributed by atoms with Crippen LogP contribution in [0.1, 0.15) is 16.8 Å². The van der Waals surface area contributed by atoms with Gasteiger partial charge < -0.3 is 15.7 Å². The van der Waals surface area contributed by atoms with Crippen molar-refractivity contribution < 1.29 is 14.3 Å². The smallest absolute Gasteiger partial charge is 0.204 e. The number of anilines is 1. The molecule has 0 spiro atoms. The number of fused-ring (bicyclic) bond motifs is 2. The van der Waals surface area contributed by atoms with Gasteiger partial charge in [0.05, 0.1) is 17.6 Å². The van der Waals surface area contributed by atoms with Crippen LogP contribution in [0.4, 0.5) is 10.2 Å². The zero-order valence-electron chi connectivity index (χ0n) is 19.0. The van der Waals surface area contributed by atoms with Gasteiger partial charge in [-0.05, 0) is 42.3 Å². The number of carbonyl (C=O) groups is 1. The predicted octanol–water partition coefficient (Wildman–Crippen LogP) is 3.58. The van der Waals surface area contributed by atoms with Gasteiger partial charge in [-0.15, -0.1) is 0 Å². The van der Waals surface area contributed by atoms with Crippen LogP contribution in [0.15, 0.2) is 73.1 Å². The van der Waals surface area contributed by atoms with E-state index in [1.165, 1.54) is 6.07 Å². The Kier molecular flexibility index (Phi) is 7.01. The van der Waals surface area contributed by atoms with Crippen molar-refractivity contribution in [3.63, 3.8) is 0 Å². The van der Waals surface area contributed by atoms with Crippen molar-refractivity contribution in [2.24, 2.45) is 5.73 Å². The second kappa shape index (κ2) is 10.5. The number of benzene rings is 2. The molecule has 10 heteroatoms. The molecule has 6 rings (SSSR count). The molecule has 0 radical (unpaired) electrons. The number of rotatable bonds is 2. The Balaban J connectivity index is 0.000000244. The highest BCUT2D eigenvalue weighted by atomic mass is 19.1. The van der Waals surface area contributed by atoms with Crippen molar-refractivity contribution in [3.05, 3.63) is 95.7 Å². The van der Waals surface area contributed by atoms with Gasteiger partial charge in [-0.1, -0.05) is 24.3 Å². The minimum absolute atomic E-state index is 0.200. The highest BCUT2D eigenvalue weighted by Crippen LogP contribution is 2.31. The number of hydrogen-bond donors (Lipinski definition) is 3. The molecule has 2 aromatic carbocycles. The SMILES string of the molecule is Cc1cc2nc(N3Cc4ccc(F)cc4C3)cc(-c3cn[nH]c3)n2n1.NC=O.Oc1ccccc1. The number of nitrogens with one attached hydrogen (secondary N) is 1. The van der Waals surface area contributed by atoms with E-state index >= 15 is 0 Å². The van der Waals surface area contributed by atoms with Crippen molar-refractivity contribution in [3.8, 4) is 17.0 Å². The molecule has 9 nitrogen and oxygen atoms in total. The van der Waals surface area contributed by atoms with Crippen molar-refractivity contribution in [1.82, 2.24) is 24.8 Å². The van der Waals surface area contributed by atoms with Gasteiger partial charge in [-0.25, -0.2) is 13.9 Å². The number of H-pyrrole nitrogens is 1.